The maximum atomic E-state index is 10.7. The summed E-state index contributed by atoms with van der Waals surface area (Å²) in [6.07, 6.45) is 2.37. The van der Waals surface area contributed by atoms with Gasteiger partial charge < -0.3 is 5.11 Å². The molecule has 0 spiro atoms. The molecule has 17 heavy (non-hydrogen) atoms. The summed E-state index contributed by atoms with van der Waals surface area (Å²) in [4.78, 5) is 10.7. The Morgan fingerprint density at radius 3 is 2.41 bits per heavy atom. The molecule has 3 nitrogen and oxygen atoms in total. The van der Waals surface area contributed by atoms with Gasteiger partial charge in [-0.05, 0) is 29.5 Å². The lowest BCUT2D eigenvalue weighted by Crippen LogP contribution is -1.97. The van der Waals surface area contributed by atoms with Crippen LogP contribution in [0.2, 0.25) is 0 Å². The second-order valence-corrected chi connectivity index (χ2v) is 4.31. The molecule has 3 heteroatoms. The second kappa shape index (κ2) is 5.86. The molecule has 0 aliphatic carbocycles. The van der Waals surface area contributed by atoms with Gasteiger partial charge >= 0.3 is 5.97 Å². The van der Waals surface area contributed by atoms with Crippen LogP contribution in [-0.4, -0.2) is 11.1 Å². The maximum Gasteiger partial charge on any atom is 0.346 e. The van der Waals surface area contributed by atoms with Crippen LogP contribution in [0.3, 0.4) is 0 Å². The predicted octanol–water partition coefficient (Wildman–Crippen LogP) is 2.88. The highest BCUT2D eigenvalue weighted by atomic mass is 16.4. The summed E-state index contributed by atoms with van der Waals surface area (Å²) in [7, 11) is 0. The first-order chi connectivity index (χ1) is 8.02. The van der Waals surface area contributed by atoms with Gasteiger partial charge in [-0.1, -0.05) is 38.1 Å². The van der Waals surface area contributed by atoms with Crippen molar-refractivity contribution in [2.45, 2.75) is 20.3 Å². The number of nitriles is 1. The zero-order valence-electron chi connectivity index (χ0n) is 9.97. The summed E-state index contributed by atoms with van der Waals surface area (Å²) in [6.45, 7) is 4.29. The van der Waals surface area contributed by atoms with E-state index in [4.69, 9.17) is 10.4 Å². The van der Waals surface area contributed by atoms with E-state index in [-0.39, 0.29) is 5.57 Å². The van der Waals surface area contributed by atoms with Crippen LogP contribution in [0.15, 0.2) is 29.8 Å². The van der Waals surface area contributed by atoms with Crippen molar-refractivity contribution in [3.8, 4) is 6.07 Å². The van der Waals surface area contributed by atoms with Crippen molar-refractivity contribution in [2.75, 3.05) is 0 Å². The van der Waals surface area contributed by atoms with Gasteiger partial charge in [-0.3, -0.25) is 0 Å². The molecule has 88 valence electrons. The zero-order chi connectivity index (χ0) is 12.8. The van der Waals surface area contributed by atoms with Crippen LogP contribution < -0.4 is 0 Å². The molecule has 0 saturated carbocycles. The number of carbonyl (C=O) groups is 1. The molecule has 0 saturated heterocycles. The van der Waals surface area contributed by atoms with Gasteiger partial charge in [-0.2, -0.15) is 5.26 Å². The summed E-state index contributed by atoms with van der Waals surface area (Å²) in [5, 5.41) is 17.3. The molecule has 1 N–H and O–H groups in total. The van der Waals surface area contributed by atoms with Crippen LogP contribution in [0, 0.1) is 17.2 Å². The summed E-state index contributed by atoms with van der Waals surface area (Å²) in [5.74, 6) is -0.608. The molecule has 1 aromatic carbocycles. The minimum atomic E-state index is -1.20. The lowest BCUT2D eigenvalue weighted by molar-refractivity contribution is -0.132. The Hall–Kier alpha value is -2.08. The number of carboxylic acids is 1. The Bertz CT molecular complexity index is 464. The van der Waals surface area contributed by atoms with Gasteiger partial charge in [0, 0.05) is 0 Å². The fourth-order valence-corrected chi connectivity index (χ4v) is 1.53. The Balaban J connectivity index is 2.88. The Kier molecular flexibility index (Phi) is 4.47. The van der Waals surface area contributed by atoms with Crippen molar-refractivity contribution in [1.82, 2.24) is 0 Å². The number of benzene rings is 1. The number of aliphatic carboxylic acids is 1. The molecule has 0 unspecified atom stereocenters. The molecule has 0 heterocycles. The van der Waals surface area contributed by atoms with E-state index in [1.54, 1.807) is 6.07 Å². The Morgan fingerprint density at radius 1 is 1.41 bits per heavy atom. The molecular formula is C14H15NO2. The van der Waals surface area contributed by atoms with Gasteiger partial charge in [0.05, 0.1) is 0 Å². The Morgan fingerprint density at radius 2 is 2.00 bits per heavy atom. The van der Waals surface area contributed by atoms with E-state index in [1.807, 2.05) is 24.3 Å². The highest BCUT2D eigenvalue weighted by Crippen LogP contribution is 2.12. The van der Waals surface area contributed by atoms with Crippen molar-refractivity contribution in [2.24, 2.45) is 5.92 Å². The van der Waals surface area contributed by atoms with E-state index in [2.05, 4.69) is 13.8 Å². The summed E-state index contributed by atoms with van der Waals surface area (Å²) in [5.41, 5.74) is 1.70. The molecule has 0 atom stereocenters. The second-order valence-electron chi connectivity index (χ2n) is 4.31. The van der Waals surface area contributed by atoms with Gasteiger partial charge in [0.25, 0.3) is 0 Å². The molecule has 0 radical (unpaired) electrons. The third-order valence-electron chi connectivity index (χ3n) is 2.29. The van der Waals surface area contributed by atoms with Crippen LogP contribution >= 0.6 is 0 Å². The van der Waals surface area contributed by atoms with Gasteiger partial charge in [-0.25, -0.2) is 4.79 Å². The Labute approximate surface area is 101 Å². The first kappa shape index (κ1) is 13.0. The SMILES string of the molecule is CC(C)Cc1ccc(/C=C(/C#N)C(=O)O)cc1. The number of rotatable bonds is 4. The smallest absolute Gasteiger partial charge is 0.346 e. The first-order valence-electron chi connectivity index (χ1n) is 5.47. The predicted molar refractivity (Wildman–Crippen MR) is 66.2 cm³/mol. The third-order valence-corrected chi connectivity index (χ3v) is 2.29. The molecule has 1 aromatic rings. The lowest BCUT2D eigenvalue weighted by Gasteiger charge is -2.04. The summed E-state index contributed by atoms with van der Waals surface area (Å²) >= 11 is 0. The number of nitrogens with zero attached hydrogens (tertiary/aromatic N) is 1. The van der Waals surface area contributed by atoms with E-state index in [0.29, 0.717) is 5.92 Å². The van der Waals surface area contributed by atoms with Crippen molar-refractivity contribution in [3.05, 3.63) is 41.0 Å². The lowest BCUT2D eigenvalue weighted by atomic mass is 10.0. The normalized spacial score (nSPS) is 11.3. The van der Waals surface area contributed by atoms with Crippen molar-refractivity contribution in [3.63, 3.8) is 0 Å². The minimum Gasteiger partial charge on any atom is -0.477 e. The van der Waals surface area contributed by atoms with Gasteiger partial charge in [0.1, 0.15) is 11.6 Å². The number of carboxylic acid groups (broad SMARTS) is 1. The maximum absolute atomic E-state index is 10.7. The van der Waals surface area contributed by atoms with Gasteiger partial charge in [-0.15, -0.1) is 0 Å². The van der Waals surface area contributed by atoms with E-state index >= 15 is 0 Å². The van der Waals surface area contributed by atoms with Crippen molar-refractivity contribution < 1.29 is 9.90 Å². The highest BCUT2D eigenvalue weighted by molar-refractivity contribution is 5.96. The van der Waals surface area contributed by atoms with Crippen LogP contribution in [0.1, 0.15) is 25.0 Å². The standard InChI is InChI=1S/C14H15NO2/c1-10(2)7-11-3-5-12(6-4-11)8-13(9-15)14(16)17/h3-6,8,10H,7H2,1-2H3,(H,16,17)/b13-8-. The van der Waals surface area contributed by atoms with Gasteiger partial charge in [0.15, 0.2) is 0 Å². The van der Waals surface area contributed by atoms with E-state index in [0.717, 1.165) is 12.0 Å². The quantitative estimate of drug-likeness (QED) is 0.638. The van der Waals surface area contributed by atoms with E-state index in [1.165, 1.54) is 11.6 Å². The largest absolute Gasteiger partial charge is 0.477 e. The van der Waals surface area contributed by atoms with Crippen LogP contribution in [-0.2, 0) is 11.2 Å². The molecule has 0 aromatic heterocycles. The van der Waals surface area contributed by atoms with Crippen molar-refractivity contribution in [1.29, 1.82) is 5.26 Å². The summed E-state index contributed by atoms with van der Waals surface area (Å²) < 4.78 is 0. The topological polar surface area (TPSA) is 61.1 Å². The average molecular weight is 229 g/mol. The highest BCUT2D eigenvalue weighted by Gasteiger charge is 2.05. The molecule has 0 aliphatic heterocycles. The zero-order valence-corrected chi connectivity index (χ0v) is 9.97. The molecule has 1 rings (SSSR count). The van der Waals surface area contributed by atoms with Gasteiger partial charge in [0.2, 0.25) is 0 Å². The number of hydrogen-bond donors (Lipinski definition) is 1. The van der Waals surface area contributed by atoms with Crippen LogP contribution in [0.4, 0.5) is 0 Å². The third kappa shape index (κ3) is 4.12. The van der Waals surface area contributed by atoms with E-state index in [9.17, 15) is 4.79 Å². The fraction of sp³-hybridized carbons (Fsp3) is 0.286. The average Bonchev–Trinajstić information content (AvgIpc) is 2.26. The monoisotopic (exact) mass is 229 g/mol. The minimum absolute atomic E-state index is 0.249. The fourth-order valence-electron chi connectivity index (χ4n) is 1.53. The van der Waals surface area contributed by atoms with E-state index < -0.39 is 5.97 Å². The molecule has 0 bridgehead atoms. The first-order valence-corrected chi connectivity index (χ1v) is 5.47. The molecule has 0 fully saturated rings. The summed E-state index contributed by atoms with van der Waals surface area (Å²) in [6, 6.07) is 9.24. The van der Waals surface area contributed by atoms with Crippen LogP contribution in [0.25, 0.3) is 6.08 Å². The molecular weight excluding hydrogens is 214 g/mol. The molecule has 0 amide bonds. The van der Waals surface area contributed by atoms with Crippen LogP contribution in [0.5, 0.6) is 0 Å². The number of hydrogen-bond acceptors (Lipinski definition) is 2. The molecule has 0 aliphatic rings. The van der Waals surface area contributed by atoms with Crippen molar-refractivity contribution >= 4 is 12.0 Å².